The van der Waals surface area contributed by atoms with Crippen molar-refractivity contribution in [1.29, 1.82) is 0 Å². The Morgan fingerprint density at radius 1 is 1.38 bits per heavy atom. The first-order valence-electron chi connectivity index (χ1n) is 6.87. The third-order valence-corrected chi connectivity index (χ3v) is 4.45. The van der Waals surface area contributed by atoms with E-state index in [1.54, 1.807) is 12.1 Å². The molecule has 0 heterocycles. The van der Waals surface area contributed by atoms with Crippen molar-refractivity contribution in [2.45, 2.75) is 39.2 Å². The molecule has 1 unspecified atom stereocenters. The molecule has 5 nitrogen and oxygen atoms in total. The lowest BCUT2D eigenvalue weighted by atomic mass is 9.92. The first-order valence-corrected chi connectivity index (χ1v) is 7.66. The van der Waals surface area contributed by atoms with Crippen molar-refractivity contribution in [3.63, 3.8) is 0 Å². The van der Waals surface area contributed by atoms with Crippen LogP contribution in [0.25, 0.3) is 0 Å². The normalized spacial score (nSPS) is 20.0. The Morgan fingerprint density at radius 2 is 2.10 bits per heavy atom. The molecule has 0 aromatic heterocycles. The summed E-state index contributed by atoms with van der Waals surface area (Å²) in [6, 6.07) is 4.59. The maximum absolute atomic E-state index is 12.0. The lowest BCUT2D eigenvalue weighted by Gasteiger charge is -2.18. The summed E-state index contributed by atoms with van der Waals surface area (Å²) in [5.41, 5.74) is 0.853. The zero-order chi connectivity index (χ0) is 15.6. The second-order valence-corrected chi connectivity index (χ2v) is 7.06. The second kappa shape index (κ2) is 6.05. The van der Waals surface area contributed by atoms with E-state index in [0.29, 0.717) is 10.2 Å². The van der Waals surface area contributed by atoms with E-state index in [4.69, 9.17) is 5.11 Å². The molecule has 3 N–H and O–H groups in total. The summed E-state index contributed by atoms with van der Waals surface area (Å²) in [6.45, 7) is 4.39. The predicted octanol–water partition coefficient (Wildman–Crippen LogP) is 3.85. The fraction of sp³-hybridized carbons (Fsp3) is 0.467. The molecular formula is C15H19BrN2O3. The SMILES string of the molecule is CC1(C)CCC(NC(=O)Nc2ccc(Br)c(C(=O)O)c2)C1. The lowest BCUT2D eigenvalue weighted by Crippen LogP contribution is -2.36. The molecule has 0 radical (unpaired) electrons. The molecule has 0 spiro atoms. The van der Waals surface area contributed by atoms with Gasteiger partial charge in [-0.15, -0.1) is 0 Å². The summed E-state index contributed by atoms with van der Waals surface area (Å²) >= 11 is 3.17. The van der Waals surface area contributed by atoms with E-state index in [1.807, 2.05) is 0 Å². The van der Waals surface area contributed by atoms with E-state index >= 15 is 0 Å². The quantitative estimate of drug-likeness (QED) is 0.771. The Labute approximate surface area is 132 Å². The number of anilines is 1. The summed E-state index contributed by atoms with van der Waals surface area (Å²) in [5.74, 6) is -1.04. The largest absolute Gasteiger partial charge is 0.478 e. The third kappa shape index (κ3) is 4.20. The topological polar surface area (TPSA) is 78.4 Å². The smallest absolute Gasteiger partial charge is 0.336 e. The average molecular weight is 355 g/mol. The van der Waals surface area contributed by atoms with Gasteiger partial charge in [-0.25, -0.2) is 9.59 Å². The van der Waals surface area contributed by atoms with Crippen molar-refractivity contribution in [2.24, 2.45) is 5.41 Å². The Hall–Kier alpha value is -1.56. The summed E-state index contributed by atoms with van der Waals surface area (Å²) in [5, 5.41) is 14.7. The van der Waals surface area contributed by atoms with Crippen LogP contribution in [0, 0.1) is 5.41 Å². The number of rotatable bonds is 3. The molecule has 1 atom stereocenters. The summed E-state index contributed by atoms with van der Waals surface area (Å²) < 4.78 is 0.485. The molecule has 114 valence electrons. The fourth-order valence-corrected chi connectivity index (χ4v) is 3.10. The van der Waals surface area contributed by atoms with Gasteiger partial charge in [-0.2, -0.15) is 0 Å². The fourth-order valence-electron chi connectivity index (χ4n) is 2.68. The Balaban J connectivity index is 1.97. The summed E-state index contributed by atoms with van der Waals surface area (Å²) in [7, 11) is 0. The molecule has 0 bridgehead atoms. The van der Waals surface area contributed by atoms with Crippen molar-refractivity contribution >= 4 is 33.6 Å². The van der Waals surface area contributed by atoms with Gasteiger partial charge in [0.1, 0.15) is 0 Å². The molecule has 1 aromatic carbocycles. The lowest BCUT2D eigenvalue weighted by molar-refractivity contribution is 0.0696. The van der Waals surface area contributed by atoms with Crippen molar-refractivity contribution in [2.75, 3.05) is 5.32 Å². The minimum Gasteiger partial charge on any atom is -0.478 e. The molecule has 21 heavy (non-hydrogen) atoms. The number of benzene rings is 1. The number of carboxylic acid groups (broad SMARTS) is 1. The number of hydrogen-bond donors (Lipinski definition) is 3. The highest BCUT2D eigenvalue weighted by molar-refractivity contribution is 9.10. The van der Waals surface area contributed by atoms with E-state index in [1.165, 1.54) is 6.07 Å². The number of hydrogen-bond acceptors (Lipinski definition) is 2. The molecular weight excluding hydrogens is 336 g/mol. The molecule has 2 amide bonds. The zero-order valence-corrected chi connectivity index (χ0v) is 13.7. The van der Waals surface area contributed by atoms with Crippen LogP contribution < -0.4 is 10.6 Å². The molecule has 1 fully saturated rings. The van der Waals surface area contributed by atoms with Gasteiger partial charge in [0, 0.05) is 16.2 Å². The van der Waals surface area contributed by atoms with Crippen LogP contribution in [0.1, 0.15) is 43.5 Å². The van der Waals surface area contributed by atoms with Crippen LogP contribution in [0.15, 0.2) is 22.7 Å². The highest BCUT2D eigenvalue weighted by Crippen LogP contribution is 2.36. The van der Waals surface area contributed by atoms with Crippen LogP contribution in [-0.4, -0.2) is 23.1 Å². The number of amides is 2. The molecule has 1 aromatic rings. The van der Waals surface area contributed by atoms with Gasteiger partial charge >= 0.3 is 12.0 Å². The first-order chi connectivity index (χ1) is 9.77. The molecule has 6 heteroatoms. The van der Waals surface area contributed by atoms with Crippen LogP contribution in [0.2, 0.25) is 0 Å². The minimum absolute atomic E-state index is 0.120. The highest BCUT2D eigenvalue weighted by Gasteiger charge is 2.31. The summed E-state index contributed by atoms with van der Waals surface area (Å²) in [6.07, 6.45) is 3.03. The standard InChI is InChI=1S/C15H19BrN2O3/c1-15(2)6-5-10(8-15)18-14(21)17-9-3-4-12(16)11(7-9)13(19)20/h3-4,7,10H,5-6,8H2,1-2H3,(H,19,20)(H2,17,18,21). The Kier molecular flexibility index (Phi) is 4.56. The molecule has 1 aliphatic carbocycles. The number of carbonyl (C=O) groups is 2. The number of halogens is 1. The Bertz CT molecular complexity index is 572. The Morgan fingerprint density at radius 3 is 2.67 bits per heavy atom. The van der Waals surface area contributed by atoms with Gasteiger partial charge in [-0.05, 0) is 58.8 Å². The summed E-state index contributed by atoms with van der Waals surface area (Å²) in [4.78, 5) is 23.0. The molecule has 0 saturated heterocycles. The van der Waals surface area contributed by atoms with Gasteiger partial charge in [0.2, 0.25) is 0 Å². The van der Waals surface area contributed by atoms with E-state index in [-0.39, 0.29) is 23.1 Å². The van der Waals surface area contributed by atoms with Gasteiger partial charge in [0.15, 0.2) is 0 Å². The molecule has 0 aliphatic heterocycles. The number of nitrogens with one attached hydrogen (secondary N) is 2. The van der Waals surface area contributed by atoms with Gasteiger partial charge in [0.05, 0.1) is 5.56 Å². The minimum atomic E-state index is -1.04. The number of aromatic carboxylic acids is 1. The van der Waals surface area contributed by atoms with Gasteiger partial charge < -0.3 is 15.7 Å². The monoisotopic (exact) mass is 354 g/mol. The molecule has 1 aliphatic rings. The van der Waals surface area contributed by atoms with Crippen LogP contribution in [-0.2, 0) is 0 Å². The average Bonchev–Trinajstić information content (AvgIpc) is 2.70. The van der Waals surface area contributed by atoms with Crippen molar-refractivity contribution in [1.82, 2.24) is 5.32 Å². The van der Waals surface area contributed by atoms with E-state index in [9.17, 15) is 9.59 Å². The van der Waals surface area contributed by atoms with Gasteiger partial charge in [-0.3, -0.25) is 0 Å². The highest BCUT2D eigenvalue weighted by atomic mass is 79.9. The molecule has 2 rings (SSSR count). The van der Waals surface area contributed by atoms with E-state index < -0.39 is 5.97 Å². The maximum atomic E-state index is 12.0. The zero-order valence-electron chi connectivity index (χ0n) is 12.1. The van der Waals surface area contributed by atoms with Crippen LogP contribution >= 0.6 is 15.9 Å². The van der Waals surface area contributed by atoms with Gasteiger partial charge in [0.25, 0.3) is 0 Å². The number of urea groups is 1. The predicted molar refractivity (Wildman–Crippen MR) is 84.7 cm³/mol. The van der Waals surface area contributed by atoms with Crippen LogP contribution in [0.4, 0.5) is 10.5 Å². The molecule has 1 saturated carbocycles. The third-order valence-electron chi connectivity index (χ3n) is 3.76. The van der Waals surface area contributed by atoms with Gasteiger partial charge in [-0.1, -0.05) is 13.8 Å². The van der Waals surface area contributed by atoms with Crippen LogP contribution in [0.3, 0.4) is 0 Å². The first kappa shape index (κ1) is 15.8. The number of carbonyl (C=O) groups excluding carboxylic acids is 1. The van der Waals surface area contributed by atoms with E-state index in [0.717, 1.165) is 19.3 Å². The maximum Gasteiger partial charge on any atom is 0.336 e. The van der Waals surface area contributed by atoms with E-state index in [2.05, 4.69) is 40.4 Å². The van der Waals surface area contributed by atoms with Crippen molar-refractivity contribution < 1.29 is 14.7 Å². The van der Waals surface area contributed by atoms with Crippen LogP contribution in [0.5, 0.6) is 0 Å². The second-order valence-electron chi connectivity index (χ2n) is 6.20. The van der Waals surface area contributed by atoms with Crippen molar-refractivity contribution in [3.05, 3.63) is 28.2 Å². The number of carboxylic acids is 1. The van der Waals surface area contributed by atoms with Crippen molar-refractivity contribution in [3.8, 4) is 0 Å².